The highest BCUT2D eigenvalue weighted by Gasteiger charge is 2.22. The normalized spacial score (nSPS) is 10.7. The van der Waals surface area contributed by atoms with Gasteiger partial charge in [0.15, 0.2) is 5.13 Å². The van der Waals surface area contributed by atoms with Crippen molar-refractivity contribution in [2.75, 3.05) is 25.0 Å². The Morgan fingerprint density at radius 3 is 2.34 bits per heavy atom. The van der Waals surface area contributed by atoms with Crippen molar-refractivity contribution in [3.05, 3.63) is 47.0 Å². The van der Waals surface area contributed by atoms with Crippen molar-refractivity contribution in [3.63, 3.8) is 0 Å². The van der Waals surface area contributed by atoms with Crippen LogP contribution < -0.4 is 5.32 Å². The Kier molecular flexibility index (Phi) is 8.33. The van der Waals surface area contributed by atoms with E-state index < -0.39 is 0 Å². The third-order valence-electron chi connectivity index (χ3n) is 4.47. The number of hydrogen-bond acceptors (Lipinski definition) is 5. The van der Waals surface area contributed by atoms with Crippen LogP contribution in [0, 0.1) is 0 Å². The highest BCUT2D eigenvalue weighted by atomic mass is 32.1. The van der Waals surface area contributed by atoms with Gasteiger partial charge in [-0.25, -0.2) is 4.98 Å². The molecule has 29 heavy (non-hydrogen) atoms. The summed E-state index contributed by atoms with van der Waals surface area (Å²) in [5.41, 5.74) is 1.17. The summed E-state index contributed by atoms with van der Waals surface area (Å²) < 4.78 is 0. The molecule has 0 unspecified atom stereocenters. The molecule has 2 rings (SSSR count). The standard InChI is InChI=1S/C21H28N4O3S/c1-5-24(6-2)19(27)12-17-14-29-21(22-17)23-18(26)13-25(15(3)4)20(28)16-10-8-7-9-11-16/h7-11,14-15H,5-6,12-13H2,1-4H3,(H,22,23,26). The van der Waals surface area contributed by atoms with Crippen molar-refractivity contribution in [2.24, 2.45) is 0 Å². The van der Waals surface area contributed by atoms with Crippen LogP contribution in [0.25, 0.3) is 0 Å². The number of nitrogens with zero attached hydrogens (tertiary/aromatic N) is 3. The molecule has 0 spiro atoms. The summed E-state index contributed by atoms with van der Waals surface area (Å²) in [7, 11) is 0. The SMILES string of the molecule is CCN(CC)C(=O)Cc1csc(NC(=O)CN(C(=O)c2ccccc2)C(C)C)n1. The number of carbonyl (C=O) groups is 3. The number of benzene rings is 1. The number of anilines is 1. The highest BCUT2D eigenvalue weighted by Crippen LogP contribution is 2.17. The molecule has 0 fully saturated rings. The van der Waals surface area contributed by atoms with E-state index in [-0.39, 0.29) is 36.7 Å². The summed E-state index contributed by atoms with van der Waals surface area (Å²) in [5.74, 6) is -0.503. The van der Waals surface area contributed by atoms with Crippen LogP contribution in [0.4, 0.5) is 5.13 Å². The van der Waals surface area contributed by atoms with Gasteiger partial charge in [-0.15, -0.1) is 11.3 Å². The van der Waals surface area contributed by atoms with Gasteiger partial charge < -0.3 is 15.1 Å². The Bertz CT molecular complexity index is 831. The first kappa shape index (κ1) is 22.5. The van der Waals surface area contributed by atoms with Crippen LogP contribution in [-0.2, 0) is 16.0 Å². The lowest BCUT2D eigenvalue weighted by atomic mass is 10.1. The molecule has 1 aromatic heterocycles. The molecule has 156 valence electrons. The molecule has 8 heteroatoms. The zero-order valence-corrected chi connectivity index (χ0v) is 18.2. The maximum atomic E-state index is 12.7. The second-order valence-corrected chi connectivity index (χ2v) is 7.69. The number of aromatic nitrogens is 1. The van der Waals surface area contributed by atoms with Gasteiger partial charge in [0.25, 0.3) is 5.91 Å². The topological polar surface area (TPSA) is 82.6 Å². The zero-order chi connectivity index (χ0) is 21.4. The minimum atomic E-state index is -0.320. The minimum Gasteiger partial charge on any atom is -0.343 e. The predicted octanol–water partition coefficient (Wildman–Crippen LogP) is 3.04. The molecule has 0 saturated carbocycles. The van der Waals surface area contributed by atoms with Gasteiger partial charge in [0.05, 0.1) is 12.1 Å². The third kappa shape index (κ3) is 6.39. The van der Waals surface area contributed by atoms with Gasteiger partial charge in [-0.05, 0) is 39.8 Å². The van der Waals surface area contributed by atoms with E-state index in [4.69, 9.17) is 0 Å². The monoisotopic (exact) mass is 416 g/mol. The average Bonchev–Trinajstić information content (AvgIpc) is 3.13. The smallest absolute Gasteiger partial charge is 0.254 e. The van der Waals surface area contributed by atoms with E-state index in [0.29, 0.717) is 29.5 Å². The first-order valence-electron chi connectivity index (χ1n) is 9.73. The maximum absolute atomic E-state index is 12.7. The summed E-state index contributed by atoms with van der Waals surface area (Å²) in [4.78, 5) is 45.0. The van der Waals surface area contributed by atoms with E-state index in [0.717, 1.165) is 0 Å². The molecular weight excluding hydrogens is 388 g/mol. The Morgan fingerprint density at radius 2 is 1.76 bits per heavy atom. The number of amides is 3. The highest BCUT2D eigenvalue weighted by molar-refractivity contribution is 7.13. The Balaban J connectivity index is 1.98. The molecule has 0 atom stereocenters. The van der Waals surface area contributed by atoms with Gasteiger partial charge in [0.1, 0.15) is 6.54 Å². The molecule has 7 nitrogen and oxygen atoms in total. The summed E-state index contributed by atoms with van der Waals surface area (Å²) in [6.45, 7) is 8.85. The van der Waals surface area contributed by atoms with Crippen molar-refractivity contribution < 1.29 is 14.4 Å². The average molecular weight is 417 g/mol. The summed E-state index contributed by atoms with van der Waals surface area (Å²) in [6.07, 6.45) is 0.207. The van der Waals surface area contributed by atoms with Gasteiger partial charge in [-0.2, -0.15) is 0 Å². The van der Waals surface area contributed by atoms with Crippen LogP contribution in [0.5, 0.6) is 0 Å². The number of carbonyl (C=O) groups excluding carboxylic acids is 3. The Hall–Kier alpha value is -2.74. The van der Waals surface area contributed by atoms with Gasteiger partial charge >= 0.3 is 0 Å². The van der Waals surface area contributed by atoms with Crippen LogP contribution in [0.2, 0.25) is 0 Å². The summed E-state index contributed by atoms with van der Waals surface area (Å²) in [5, 5.41) is 4.93. The minimum absolute atomic E-state index is 0.0117. The molecular formula is C21H28N4O3S. The largest absolute Gasteiger partial charge is 0.343 e. The van der Waals surface area contributed by atoms with E-state index in [1.54, 1.807) is 34.5 Å². The lowest BCUT2D eigenvalue weighted by molar-refractivity contribution is -0.130. The van der Waals surface area contributed by atoms with Gasteiger partial charge in [0, 0.05) is 30.1 Å². The molecule has 0 bridgehead atoms. The van der Waals surface area contributed by atoms with Crippen LogP contribution in [0.3, 0.4) is 0 Å². The van der Waals surface area contributed by atoms with E-state index in [1.807, 2.05) is 33.8 Å². The van der Waals surface area contributed by atoms with Crippen molar-refractivity contribution in [1.82, 2.24) is 14.8 Å². The third-order valence-corrected chi connectivity index (χ3v) is 5.27. The second-order valence-electron chi connectivity index (χ2n) is 6.83. The fraction of sp³-hybridized carbons (Fsp3) is 0.429. The van der Waals surface area contributed by atoms with E-state index in [9.17, 15) is 14.4 Å². The first-order chi connectivity index (χ1) is 13.8. The fourth-order valence-corrected chi connectivity index (χ4v) is 3.56. The van der Waals surface area contributed by atoms with Crippen LogP contribution in [0.15, 0.2) is 35.7 Å². The zero-order valence-electron chi connectivity index (χ0n) is 17.3. The van der Waals surface area contributed by atoms with Crippen LogP contribution in [0.1, 0.15) is 43.7 Å². The van der Waals surface area contributed by atoms with E-state index in [2.05, 4.69) is 10.3 Å². The van der Waals surface area contributed by atoms with Crippen molar-refractivity contribution >= 4 is 34.2 Å². The van der Waals surface area contributed by atoms with Crippen molar-refractivity contribution in [3.8, 4) is 0 Å². The lowest BCUT2D eigenvalue weighted by Crippen LogP contribution is -2.42. The lowest BCUT2D eigenvalue weighted by Gasteiger charge is -2.26. The molecule has 3 amide bonds. The van der Waals surface area contributed by atoms with Crippen molar-refractivity contribution in [1.29, 1.82) is 0 Å². The predicted molar refractivity (Wildman–Crippen MR) is 115 cm³/mol. The Morgan fingerprint density at radius 1 is 1.10 bits per heavy atom. The maximum Gasteiger partial charge on any atom is 0.254 e. The molecule has 0 aliphatic rings. The molecule has 2 aromatic rings. The number of thiazole rings is 1. The van der Waals surface area contributed by atoms with Crippen LogP contribution in [-0.4, -0.2) is 58.2 Å². The van der Waals surface area contributed by atoms with E-state index in [1.165, 1.54) is 16.2 Å². The summed E-state index contributed by atoms with van der Waals surface area (Å²) >= 11 is 1.27. The quantitative estimate of drug-likeness (QED) is 0.681. The van der Waals surface area contributed by atoms with Crippen LogP contribution >= 0.6 is 11.3 Å². The van der Waals surface area contributed by atoms with Gasteiger partial charge in [-0.1, -0.05) is 18.2 Å². The molecule has 0 radical (unpaired) electrons. The molecule has 1 aromatic carbocycles. The first-order valence-corrected chi connectivity index (χ1v) is 10.6. The number of nitrogens with one attached hydrogen (secondary N) is 1. The molecule has 0 aliphatic heterocycles. The number of hydrogen-bond donors (Lipinski definition) is 1. The molecule has 1 N–H and O–H groups in total. The van der Waals surface area contributed by atoms with Crippen molar-refractivity contribution in [2.45, 2.75) is 40.2 Å². The van der Waals surface area contributed by atoms with Gasteiger partial charge in [0.2, 0.25) is 11.8 Å². The number of rotatable bonds is 9. The molecule has 0 saturated heterocycles. The molecule has 1 heterocycles. The fourth-order valence-electron chi connectivity index (χ4n) is 2.84. The van der Waals surface area contributed by atoms with E-state index >= 15 is 0 Å². The second kappa shape index (κ2) is 10.7. The van der Waals surface area contributed by atoms with Gasteiger partial charge in [-0.3, -0.25) is 14.4 Å². The molecule has 0 aliphatic carbocycles. The number of likely N-dealkylation sites (N-methyl/N-ethyl adjacent to an activating group) is 1. The Labute approximate surface area is 175 Å². The summed E-state index contributed by atoms with van der Waals surface area (Å²) in [6, 6.07) is 8.76.